The van der Waals surface area contributed by atoms with Gasteiger partial charge in [0, 0.05) is 13.5 Å². The lowest BCUT2D eigenvalue weighted by atomic mass is 9.89. The monoisotopic (exact) mass is 768 g/mol. The van der Waals surface area contributed by atoms with Gasteiger partial charge < -0.3 is 48.0 Å². The van der Waals surface area contributed by atoms with Crippen LogP contribution in [0.15, 0.2) is 0 Å². The van der Waals surface area contributed by atoms with Gasteiger partial charge in [-0.15, -0.1) is 0 Å². The number of aldehydes is 1. The number of Topliss-reactive ketones (excluding diaryl/α,β-unsaturated/α-hetero) is 2. The third kappa shape index (κ3) is 17.7. The number of aliphatic carboxylic acids is 1. The van der Waals surface area contributed by atoms with Gasteiger partial charge in [-0.3, -0.25) is 43.8 Å². The van der Waals surface area contributed by atoms with Crippen molar-refractivity contribution in [2.24, 2.45) is 29.2 Å². The number of nitrogens with two attached hydrogens (primary N) is 2. The number of hydrogen-bond acceptors (Lipinski definition) is 12. The van der Waals surface area contributed by atoms with Crippen molar-refractivity contribution in [3.8, 4) is 0 Å². The largest absolute Gasteiger partial charge is 0.481 e. The lowest BCUT2D eigenvalue weighted by Crippen LogP contribution is -2.62. The molecule has 54 heavy (non-hydrogen) atoms. The maximum Gasteiger partial charge on any atom is 0.305 e. The second kappa shape index (κ2) is 25.1. The molecule has 0 aliphatic carbocycles. The highest BCUT2D eigenvalue weighted by atomic mass is 16.4. The molecule has 0 fully saturated rings. The number of carboxylic acids is 1. The van der Waals surface area contributed by atoms with Crippen molar-refractivity contribution in [3.63, 3.8) is 0 Å². The van der Waals surface area contributed by atoms with E-state index in [1.54, 1.807) is 34.6 Å². The first kappa shape index (κ1) is 49.0. The Morgan fingerprint density at radius 2 is 1.20 bits per heavy atom. The Kier molecular flexibility index (Phi) is 22.8. The molecule has 0 saturated heterocycles. The second-order valence-corrected chi connectivity index (χ2v) is 13.4. The summed E-state index contributed by atoms with van der Waals surface area (Å²) in [5.41, 5.74) is 16.1. The summed E-state index contributed by atoms with van der Waals surface area (Å²) in [6, 6.07) is -7.74. The zero-order valence-electron chi connectivity index (χ0n) is 32.2. The van der Waals surface area contributed by atoms with Crippen LogP contribution in [0.4, 0.5) is 0 Å². The smallest absolute Gasteiger partial charge is 0.305 e. The Morgan fingerprint density at radius 1 is 0.685 bits per heavy atom. The molecule has 0 aliphatic heterocycles. The van der Waals surface area contributed by atoms with E-state index in [9.17, 15) is 48.3 Å². The normalized spacial score (nSPS) is 16.0. The van der Waals surface area contributed by atoms with Gasteiger partial charge >= 0.3 is 5.97 Å². The van der Waals surface area contributed by atoms with Crippen molar-refractivity contribution in [2.75, 3.05) is 6.54 Å². The number of guanidine groups is 1. The van der Waals surface area contributed by atoms with Gasteiger partial charge in [-0.25, -0.2) is 10.9 Å². The van der Waals surface area contributed by atoms with E-state index in [4.69, 9.17) is 16.9 Å². The number of ketones is 2. The van der Waals surface area contributed by atoms with E-state index in [1.807, 2.05) is 6.92 Å². The zero-order chi connectivity index (χ0) is 41.7. The Labute approximate surface area is 315 Å². The number of carbonyl (C=O) groups is 9. The van der Waals surface area contributed by atoms with Gasteiger partial charge in [0.15, 0.2) is 5.96 Å². The first-order valence-corrected chi connectivity index (χ1v) is 18.0. The number of carboxylic acid groups (broad SMARTS) is 1. The molecule has 0 bridgehead atoms. The fourth-order valence-electron chi connectivity index (χ4n) is 5.09. The van der Waals surface area contributed by atoms with E-state index in [0.29, 0.717) is 25.5 Å². The first-order valence-electron chi connectivity index (χ1n) is 18.0. The van der Waals surface area contributed by atoms with Crippen LogP contribution in [0, 0.1) is 23.2 Å². The van der Waals surface area contributed by atoms with E-state index in [0.717, 1.165) is 6.92 Å². The summed E-state index contributed by atoms with van der Waals surface area (Å²) in [4.78, 5) is 114. The third-order valence-electron chi connectivity index (χ3n) is 9.07. The molecular weight excluding hydrogens is 708 g/mol. The number of rotatable bonds is 28. The van der Waals surface area contributed by atoms with Crippen LogP contribution in [-0.2, 0) is 43.2 Å². The molecular formula is C34H60N10O10. The Balaban J connectivity index is 6.44. The molecule has 20 nitrogen and oxygen atoms in total. The number of carbonyl (C=O) groups excluding carboxylic acids is 8. The van der Waals surface area contributed by atoms with E-state index in [1.165, 1.54) is 0 Å². The van der Waals surface area contributed by atoms with E-state index < -0.39 is 108 Å². The van der Waals surface area contributed by atoms with Gasteiger partial charge in [0.2, 0.25) is 41.1 Å². The van der Waals surface area contributed by atoms with Gasteiger partial charge in [0.25, 0.3) is 0 Å². The molecule has 0 radical (unpaired) electrons. The lowest BCUT2D eigenvalue weighted by molar-refractivity contribution is -0.145. The molecule has 0 aromatic carbocycles. The minimum absolute atomic E-state index is 0.0410. The second-order valence-electron chi connectivity index (χ2n) is 13.4. The minimum Gasteiger partial charge on any atom is -0.481 e. The minimum atomic E-state index is -1.67. The molecule has 0 unspecified atom stereocenters. The van der Waals surface area contributed by atoms with E-state index >= 15 is 0 Å². The van der Waals surface area contributed by atoms with E-state index in [2.05, 4.69) is 37.4 Å². The molecule has 0 rings (SSSR count). The Hall–Kier alpha value is -4.98. The van der Waals surface area contributed by atoms with Gasteiger partial charge in [-0.1, -0.05) is 60.8 Å². The summed E-state index contributed by atoms with van der Waals surface area (Å²) in [6.07, 6.45) is 0.744. The summed E-state index contributed by atoms with van der Waals surface area (Å²) in [5.74, 6) is -9.37. The molecule has 0 aromatic heterocycles. The van der Waals surface area contributed by atoms with Crippen LogP contribution in [-0.4, -0.2) is 107 Å². The number of primary amides is 1. The maximum atomic E-state index is 13.8. The molecule has 5 amide bonds. The molecule has 0 saturated carbocycles. The van der Waals surface area contributed by atoms with Crippen LogP contribution < -0.4 is 48.9 Å². The van der Waals surface area contributed by atoms with Crippen LogP contribution >= 0.6 is 0 Å². The quantitative estimate of drug-likeness (QED) is 0.0101. The highest BCUT2D eigenvalue weighted by molar-refractivity contribution is 6.41. The fourth-order valence-corrected chi connectivity index (χ4v) is 5.09. The maximum absolute atomic E-state index is 13.8. The number of hydrazine groups is 1. The molecule has 0 aromatic rings. The predicted molar refractivity (Wildman–Crippen MR) is 197 cm³/mol. The van der Waals surface area contributed by atoms with Crippen molar-refractivity contribution in [2.45, 2.75) is 130 Å². The van der Waals surface area contributed by atoms with Crippen LogP contribution in [0.2, 0.25) is 0 Å². The summed E-state index contributed by atoms with van der Waals surface area (Å²) < 4.78 is 0. The van der Waals surface area contributed by atoms with Gasteiger partial charge in [-0.05, 0) is 30.6 Å². The SMILES string of the molecule is CC[C@H](C)[C@H](NC(=O)[C@H](CCCNC(=N)N)NN[C@@H](CC(N)=O)C(=O)N[C@H](C=O)[C@@H](C)CC)C(=O)N[C@H](C(=O)C(=O)[C@H](CC(=O)O)NC(C)=O)[C@@H](C)CC. The number of hydrogen-bond donors (Lipinski definition) is 11. The van der Waals surface area contributed by atoms with Crippen LogP contribution in [0.1, 0.15) is 93.4 Å². The summed E-state index contributed by atoms with van der Waals surface area (Å²) >= 11 is 0. The predicted octanol–water partition coefficient (Wildman–Crippen LogP) is -2.13. The molecule has 0 spiro atoms. The van der Waals surface area contributed by atoms with Crippen LogP contribution in [0.5, 0.6) is 0 Å². The van der Waals surface area contributed by atoms with Crippen molar-refractivity contribution < 1.29 is 48.3 Å². The Bertz CT molecular complexity index is 1330. The molecule has 13 N–H and O–H groups in total. The van der Waals surface area contributed by atoms with E-state index in [-0.39, 0.29) is 31.3 Å². The topological polar surface area (TPSA) is 334 Å². The highest BCUT2D eigenvalue weighted by Crippen LogP contribution is 2.15. The van der Waals surface area contributed by atoms with Crippen molar-refractivity contribution in [1.82, 2.24) is 37.4 Å². The van der Waals surface area contributed by atoms with Crippen LogP contribution in [0.25, 0.3) is 0 Å². The van der Waals surface area contributed by atoms with Crippen molar-refractivity contribution in [3.05, 3.63) is 0 Å². The summed E-state index contributed by atoms with van der Waals surface area (Å²) in [5, 5.41) is 29.2. The molecule has 306 valence electrons. The van der Waals surface area contributed by atoms with Gasteiger partial charge in [-0.2, -0.15) is 0 Å². The molecule has 0 heterocycles. The molecule has 0 aliphatic rings. The molecule has 9 atom stereocenters. The van der Waals surface area contributed by atoms with Gasteiger partial charge in [0.1, 0.15) is 30.5 Å². The fraction of sp³-hybridized carbons (Fsp3) is 0.706. The number of amides is 5. The zero-order valence-corrected chi connectivity index (χ0v) is 32.2. The van der Waals surface area contributed by atoms with Crippen molar-refractivity contribution in [1.29, 1.82) is 5.41 Å². The summed E-state index contributed by atoms with van der Waals surface area (Å²) in [6.45, 7) is 11.5. The Morgan fingerprint density at radius 3 is 1.69 bits per heavy atom. The lowest BCUT2D eigenvalue weighted by Gasteiger charge is -2.30. The average Bonchev–Trinajstić information content (AvgIpc) is 3.11. The molecule has 20 heteroatoms. The van der Waals surface area contributed by atoms with Gasteiger partial charge in [0.05, 0.1) is 24.9 Å². The number of nitrogens with one attached hydrogen (secondary N) is 8. The standard InChI is InChI=1S/C34H60N10O10/c1-8-17(4)24(16-45)40-32(53)23(14-25(35)47)44-43-21(12-11-13-38-34(36)37)31(52)42-28(19(6)10-3)33(54)41-27(18(5)9-2)30(51)29(50)22(15-26(48)49)39-20(7)46/h16-19,21-24,27-28,43-44H,8-15H2,1-7H3,(H2,35,47)(H,39,46)(H,40,53)(H,41,54)(H,42,52)(H,48,49)(H4,36,37,38)/t17-,18-,19-,21-,22-,23-,24+,27-,28-/m0/s1. The highest BCUT2D eigenvalue weighted by Gasteiger charge is 2.38. The van der Waals surface area contributed by atoms with Crippen molar-refractivity contribution >= 4 is 59.3 Å². The van der Waals surface area contributed by atoms with Crippen LogP contribution in [0.3, 0.4) is 0 Å². The summed E-state index contributed by atoms with van der Waals surface area (Å²) in [7, 11) is 0. The third-order valence-corrected chi connectivity index (χ3v) is 9.07. The average molecular weight is 769 g/mol. The first-order chi connectivity index (χ1) is 25.2.